The van der Waals surface area contributed by atoms with Crippen LogP contribution in [0.4, 0.5) is 11.4 Å². The molecule has 0 aliphatic rings. The summed E-state index contributed by atoms with van der Waals surface area (Å²) in [6.07, 6.45) is 0. The summed E-state index contributed by atoms with van der Waals surface area (Å²) in [5.74, 6) is 0. The highest BCUT2D eigenvalue weighted by atomic mass is 35.5. The molecule has 0 radical (unpaired) electrons. The fourth-order valence-electron chi connectivity index (χ4n) is 1.87. The molecule has 1 N–H and O–H groups in total. The maximum Gasteiger partial charge on any atom is 0.0640 e. The fraction of sp³-hybridized carbons (Fsp3) is 0.250. The predicted octanol–water partition coefficient (Wildman–Crippen LogP) is 4.33. The molecule has 0 atom stereocenters. The molecular weight excluding hydrogens is 256 g/mol. The van der Waals surface area contributed by atoms with E-state index in [0.717, 1.165) is 17.3 Å². The molecule has 0 unspecified atom stereocenters. The summed E-state index contributed by atoms with van der Waals surface area (Å²) in [6, 6.07) is 14.5. The Kier molecular flexibility index (Phi) is 4.33. The van der Waals surface area contributed by atoms with Crippen molar-refractivity contribution in [3.05, 3.63) is 58.6 Å². The molecule has 0 saturated carbocycles. The van der Waals surface area contributed by atoms with Crippen LogP contribution in [0, 0.1) is 6.92 Å². The Morgan fingerprint density at radius 2 is 1.74 bits per heavy atom. The maximum atomic E-state index is 6.19. The summed E-state index contributed by atoms with van der Waals surface area (Å²) in [4.78, 5) is 2.09. The lowest BCUT2D eigenvalue weighted by molar-refractivity contribution is 1.11. The third-order valence-corrected chi connectivity index (χ3v) is 3.37. The monoisotopic (exact) mass is 274 g/mol. The van der Waals surface area contributed by atoms with Crippen molar-refractivity contribution in [3.8, 4) is 0 Å². The summed E-state index contributed by atoms with van der Waals surface area (Å²) in [5, 5.41) is 4.13. The number of rotatable bonds is 4. The first-order chi connectivity index (χ1) is 9.06. The number of nitrogens with one attached hydrogen (secondary N) is 1. The van der Waals surface area contributed by atoms with Gasteiger partial charge < -0.3 is 10.2 Å². The Labute approximate surface area is 120 Å². The maximum absolute atomic E-state index is 6.19. The first kappa shape index (κ1) is 13.8. The van der Waals surface area contributed by atoms with Gasteiger partial charge in [-0.25, -0.2) is 0 Å². The minimum atomic E-state index is 0.768. The van der Waals surface area contributed by atoms with Crippen LogP contribution in [0.2, 0.25) is 5.02 Å². The van der Waals surface area contributed by atoms with Crippen molar-refractivity contribution in [1.29, 1.82) is 0 Å². The van der Waals surface area contributed by atoms with E-state index in [1.54, 1.807) is 0 Å². The first-order valence-corrected chi connectivity index (χ1v) is 6.70. The lowest BCUT2D eigenvalue weighted by atomic mass is 10.2. The van der Waals surface area contributed by atoms with Crippen molar-refractivity contribution in [2.75, 3.05) is 24.3 Å². The SMILES string of the molecule is Cc1ccc(NCc2ccc(N(C)C)cc2)c(Cl)c1. The van der Waals surface area contributed by atoms with Crippen LogP contribution in [0.1, 0.15) is 11.1 Å². The summed E-state index contributed by atoms with van der Waals surface area (Å²) >= 11 is 6.19. The van der Waals surface area contributed by atoms with Crippen LogP contribution < -0.4 is 10.2 Å². The van der Waals surface area contributed by atoms with Gasteiger partial charge in [-0.3, -0.25) is 0 Å². The van der Waals surface area contributed by atoms with Crippen LogP contribution in [-0.4, -0.2) is 14.1 Å². The van der Waals surface area contributed by atoms with Gasteiger partial charge >= 0.3 is 0 Å². The summed E-state index contributed by atoms with van der Waals surface area (Å²) in [5.41, 5.74) is 4.59. The molecule has 0 aliphatic heterocycles. The molecule has 3 heteroatoms. The Bertz CT molecular complexity index is 547. The molecule has 100 valence electrons. The number of anilines is 2. The molecule has 2 aromatic rings. The van der Waals surface area contributed by atoms with Crippen molar-refractivity contribution in [2.24, 2.45) is 0 Å². The molecule has 0 bridgehead atoms. The second-order valence-electron chi connectivity index (χ2n) is 4.90. The number of nitrogens with zero attached hydrogens (tertiary/aromatic N) is 1. The molecule has 2 aromatic carbocycles. The largest absolute Gasteiger partial charge is 0.380 e. The molecule has 19 heavy (non-hydrogen) atoms. The van der Waals surface area contributed by atoms with Gasteiger partial charge in [0.15, 0.2) is 0 Å². The zero-order valence-electron chi connectivity index (χ0n) is 11.6. The Morgan fingerprint density at radius 3 is 2.32 bits per heavy atom. The smallest absolute Gasteiger partial charge is 0.0640 e. The highest BCUT2D eigenvalue weighted by molar-refractivity contribution is 6.33. The average Bonchev–Trinajstić information content (AvgIpc) is 2.38. The minimum absolute atomic E-state index is 0.768. The third-order valence-electron chi connectivity index (χ3n) is 3.06. The van der Waals surface area contributed by atoms with E-state index in [2.05, 4.69) is 40.5 Å². The van der Waals surface area contributed by atoms with Gasteiger partial charge in [-0.1, -0.05) is 29.8 Å². The van der Waals surface area contributed by atoms with E-state index in [1.165, 1.54) is 16.8 Å². The molecule has 2 rings (SSSR count). The van der Waals surface area contributed by atoms with Crippen LogP contribution >= 0.6 is 11.6 Å². The van der Waals surface area contributed by atoms with Gasteiger partial charge in [0.05, 0.1) is 10.7 Å². The standard InChI is InChI=1S/C16H19ClN2/c1-12-4-9-16(15(17)10-12)18-11-13-5-7-14(8-6-13)19(2)3/h4-10,18H,11H2,1-3H3. The van der Waals surface area contributed by atoms with E-state index < -0.39 is 0 Å². The van der Waals surface area contributed by atoms with E-state index in [0.29, 0.717) is 0 Å². The molecule has 0 fully saturated rings. The van der Waals surface area contributed by atoms with Crippen LogP contribution in [0.3, 0.4) is 0 Å². The molecular formula is C16H19ClN2. The zero-order chi connectivity index (χ0) is 13.8. The normalized spacial score (nSPS) is 10.3. The van der Waals surface area contributed by atoms with Gasteiger partial charge in [0.2, 0.25) is 0 Å². The molecule has 0 spiro atoms. The number of hydrogen-bond donors (Lipinski definition) is 1. The van der Waals surface area contributed by atoms with Gasteiger partial charge in [-0.2, -0.15) is 0 Å². The van der Waals surface area contributed by atoms with E-state index in [-0.39, 0.29) is 0 Å². The number of hydrogen-bond acceptors (Lipinski definition) is 2. The topological polar surface area (TPSA) is 15.3 Å². The quantitative estimate of drug-likeness (QED) is 0.893. The number of aryl methyl sites for hydroxylation is 1. The number of benzene rings is 2. The second-order valence-corrected chi connectivity index (χ2v) is 5.30. The highest BCUT2D eigenvalue weighted by Gasteiger charge is 2.01. The Morgan fingerprint density at radius 1 is 1.05 bits per heavy atom. The van der Waals surface area contributed by atoms with Gasteiger partial charge in [-0.15, -0.1) is 0 Å². The molecule has 0 saturated heterocycles. The van der Waals surface area contributed by atoms with E-state index in [9.17, 15) is 0 Å². The van der Waals surface area contributed by atoms with Crippen molar-refractivity contribution in [1.82, 2.24) is 0 Å². The minimum Gasteiger partial charge on any atom is -0.380 e. The van der Waals surface area contributed by atoms with Gasteiger partial charge in [0.25, 0.3) is 0 Å². The Balaban J connectivity index is 2.02. The zero-order valence-corrected chi connectivity index (χ0v) is 12.3. The van der Waals surface area contributed by atoms with E-state index in [1.807, 2.05) is 33.2 Å². The number of halogens is 1. The lowest BCUT2D eigenvalue weighted by Gasteiger charge is -2.13. The molecule has 0 aromatic heterocycles. The highest BCUT2D eigenvalue weighted by Crippen LogP contribution is 2.23. The third kappa shape index (κ3) is 3.65. The molecule has 0 aliphatic carbocycles. The van der Waals surface area contributed by atoms with Crippen LogP contribution in [-0.2, 0) is 6.54 Å². The van der Waals surface area contributed by atoms with Crippen molar-refractivity contribution in [2.45, 2.75) is 13.5 Å². The summed E-state index contributed by atoms with van der Waals surface area (Å²) < 4.78 is 0. The second kappa shape index (κ2) is 5.98. The van der Waals surface area contributed by atoms with E-state index >= 15 is 0 Å². The summed E-state index contributed by atoms with van der Waals surface area (Å²) in [7, 11) is 4.08. The van der Waals surface area contributed by atoms with Crippen LogP contribution in [0.15, 0.2) is 42.5 Å². The van der Waals surface area contributed by atoms with Gasteiger partial charge in [-0.05, 0) is 42.3 Å². The Hall–Kier alpha value is -1.67. The van der Waals surface area contributed by atoms with Crippen molar-refractivity contribution in [3.63, 3.8) is 0 Å². The first-order valence-electron chi connectivity index (χ1n) is 6.32. The predicted molar refractivity (Wildman–Crippen MR) is 84.3 cm³/mol. The van der Waals surface area contributed by atoms with Crippen LogP contribution in [0.25, 0.3) is 0 Å². The van der Waals surface area contributed by atoms with Crippen LogP contribution in [0.5, 0.6) is 0 Å². The van der Waals surface area contributed by atoms with Crippen molar-refractivity contribution >= 4 is 23.0 Å². The van der Waals surface area contributed by atoms with Gasteiger partial charge in [0.1, 0.15) is 0 Å². The van der Waals surface area contributed by atoms with E-state index in [4.69, 9.17) is 11.6 Å². The lowest BCUT2D eigenvalue weighted by Crippen LogP contribution is -2.08. The fourth-order valence-corrected chi connectivity index (χ4v) is 2.17. The summed E-state index contributed by atoms with van der Waals surface area (Å²) in [6.45, 7) is 2.81. The molecule has 0 heterocycles. The van der Waals surface area contributed by atoms with Gasteiger partial charge in [0, 0.05) is 26.3 Å². The average molecular weight is 275 g/mol. The molecule has 2 nitrogen and oxygen atoms in total. The molecule has 0 amide bonds. The van der Waals surface area contributed by atoms with Crippen molar-refractivity contribution < 1.29 is 0 Å².